The highest BCUT2D eigenvalue weighted by atomic mass is 19.4. The molecule has 1 aliphatic rings. The van der Waals surface area contributed by atoms with Gasteiger partial charge in [0.15, 0.2) is 18.1 Å². The van der Waals surface area contributed by atoms with Crippen LogP contribution in [0.4, 0.5) is 18.0 Å². The molecule has 34 heavy (non-hydrogen) atoms. The zero-order chi connectivity index (χ0) is 25.7. The third kappa shape index (κ3) is 5.46. The minimum absolute atomic E-state index is 0.0227. The summed E-state index contributed by atoms with van der Waals surface area (Å²) >= 11 is 0. The summed E-state index contributed by atoms with van der Waals surface area (Å²) in [6.45, 7) is -0.722. The Balaban J connectivity index is 2.64. The first-order valence-corrected chi connectivity index (χ1v) is 9.52. The van der Waals surface area contributed by atoms with E-state index in [-0.39, 0.29) is 22.8 Å². The number of allylic oxidation sites excluding steroid dienone is 1. The lowest BCUT2D eigenvalue weighted by atomic mass is 9.94. The maximum atomic E-state index is 13.8. The minimum atomic E-state index is -5.11. The summed E-state index contributed by atoms with van der Waals surface area (Å²) in [5.74, 6) is -2.95. The molecule has 1 atom stereocenters. The Morgan fingerprint density at radius 2 is 1.47 bits per heavy atom. The molecule has 0 radical (unpaired) electrons. The van der Waals surface area contributed by atoms with Gasteiger partial charge in [0.05, 0.1) is 32.9 Å². The molecular weight excluding hydrogens is 469 g/mol. The number of halogens is 3. The predicted octanol–water partition coefficient (Wildman–Crippen LogP) is 2.02. The van der Waals surface area contributed by atoms with Gasteiger partial charge in [-0.25, -0.2) is 9.59 Å². The number of alkyl halides is 3. The first kappa shape index (κ1) is 27.0. The van der Waals surface area contributed by atoms with Crippen LogP contribution in [0.3, 0.4) is 0 Å². The molecule has 1 unspecified atom stereocenters. The Labute approximate surface area is 193 Å². The zero-order valence-electron chi connectivity index (χ0n) is 19.2. The summed E-state index contributed by atoms with van der Waals surface area (Å²) in [6.07, 6.45) is -5.11. The molecule has 1 aromatic rings. The highest BCUT2D eigenvalue weighted by molar-refractivity contribution is 5.95. The second kappa shape index (κ2) is 10.8. The molecule has 1 aliphatic heterocycles. The Hall–Kier alpha value is -3.23. The van der Waals surface area contributed by atoms with Crippen molar-refractivity contribution in [2.45, 2.75) is 18.2 Å². The fraction of sp³-hybridized carbons (Fsp3) is 0.500. The SMILES string of the molecule is COc1cc(C2NC(=O)NC(C(F)(F)F)=C2C(=O)OCC(OC)(OC)OC)cc(OC)c1OC. The number of carbonyl (C=O) groups is 2. The van der Waals surface area contributed by atoms with E-state index in [1.54, 1.807) is 5.32 Å². The van der Waals surface area contributed by atoms with Crippen molar-refractivity contribution in [3.8, 4) is 17.2 Å². The number of benzene rings is 1. The molecule has 0 spiro atoms. The van der Waals surface area contributed by atoms with E-state index in [0.717, 1.165) is 0 Å². The van der Waals surface area contributed by atoms with Crippen LogP contribution in [0.25, 0.3) is 0 Å². The van der Waals surface area contributed by atoms with Crippen LogP contribution in [-0.4, -0.2) is 73.4 Å². The summed E-state index contributed by atoms with van der Waals surface area (Å²) in [5.41, 5.74) is -2.51. The van der Waals surface area contributed by atoms with Crippen molar-refractivity contribution < 1.29 is 55.9 Å². The molecule has 2 N–H and O–H groups in total. The maximum absolute atomic E-state index is 13.8. The number of amides is 2. The van der Waals surface area contributed by atoms with Crippen LogP contribution in [0.2, 0.25) is 0 Å². The molecule has 0 aromatic heterocycles. The van der Waals surface area contributed by atoms with Crippen LogP contribution < -0.4 is 24.8 Å². The second-order valence-corrected chi connectivity index (χ2v) is 6.65. The molecule has 0 fully saturated rings. The molecule has 0 saturated heterocycles. The summed E-state index contributed by atoms with van der Waals surface area (Å²) in [5, 5.41) is 3.92. The number of ether oxygens (including phenoxy) is 7. The largest absolute Gasteiger partial charge is 0.493 e. The zero-order valence-corrected chi connectivity index (χ0v) is 19.2. The van der Waals surface area contributed by atoms with E-state index in [1.807, 2.05) is 0 Å². The normalized spacial score (nSPS) is 16.5. The summed E-state index contributed by atoms with van der Waals surface area (Å²) in [6, 6.07) is -0.207. The van der Waals surface area contributed by atoms with Gasteiger partial charge >= 0.3 is 24.1 Å². The molecule has 0 aliphatic carbocycles. The fourth-order valence-corrected chi connectivity index (χ4v) is 3.18. The number of methoxy groups -OCH3 is 6. The van der Waals surface area contributed by atoms with E-state index in [0.29, 0.717) is 0 Å². The van der Waals surface area contributed by atoms with Crippen molar-refractivity contribution in [2.75, 3.05) is 49.3 Å². The monoisotopic (exact) mass is 494 g/mol. The Morgan fingerprint density at radius 3 is 1.88 bits per heavy atom. The van der Waals surface area contributed by atoms with Gasteiger partial charge in [-0.3, -0.25) is 0 Å². The van der Waals surface area contributed by atoms with Crippen LogP contribution in [0, 0.1) is 0 Å². The quantitative estimate of drug-likeness (QED) is 0.372. The number of hydrogen-bond donors (Lipinski definition) is 2. The van der Waals surface area contributed by atoms with Crippen molar-refractivity contribution in [1.29, 1.82) is 0 Å². The number of hydrogen-bond acceptors (Lipinski definition) is 9. The third-order valence-electron chi connectivity index (χ3n) is 4.91. The van der Waals surface area contributed by atoms with Crippen LogP contribution in [0.15, 0.2) is 23.4 Å². The van der Waals surface area contributed by atoms with Crippen molar-refractivity contribution in [1.82, 2.24) is 10.6 Å². The van der Waals surface area contributed by atoms with E-state index >= 15 is 0 Å². The molecule has 11 nitrogen and oxygen atoms in total. The van der Waals surface area contributed by atoms with Crippen molar-refractivity contribution in [2.24, 2.45) is 0 Å². The molecular formula is C20H25F3N2O9. The number of nitrogens with one attached hydrogen (secondary N) is 2. The number of esters is 1. The number of rotatable bonds is 10. The van der Waals surface area contributed by atoms with E-state index in [2.05, 4.69) is 5.32 Å². The first-order valence-electron chi connectivity index (χ1n) is 9.52. The first-order chi connectivity index (χ1) is 16.0. The van der Waals surface area contributed by atoms with Crippen LogP contribution in [-0.2, 0) is 23.7 Å². The summed E-state index contributed by atoms with van der Waals surface area (Å²) in [4.78, 5) is 25.1. The Bertz CT molecular complexity index is 912. The van der Waals surface area contributed by atoms with E-state index < -0.39 is 48.1 Å². The van der Waals surface area contributed by atoms with Gasteiger partial charge in [0, 0.05) is 21.3 Å². The number of carbonyl (C=O) groups excluding carboxylic acids is 2. The molecule has 1 aromatic carbocycles. The van der Waals surface area contributed by atoms with Crippen LogP contribution in [0.5, 0.6) is 17.2 Å². The van der Waals surface area contributed by atoms with Crippen molar-refractivity contribution >= 4 is 12.0 Å². The highest BCUT2D eigenvalue weighted by Gasteiger charge is 2.47. The van der Waals surface area contributed by atoms with Crippen LogP contribution in [0.1, 0.15) is 11.6 Å². The lowest BCUT2D eigenvalue weighted by Gasteiger charge is -2.32. The minimum Gasteiger partial charge on any atom is -0.493 e. The van der Waals surface area contributed by atoms with Crippen molar-refractivity contribution in [3.05, 3.63) is 29.0 Å². The molecule has 2 amide bonds. The maximum Gasteiger partial charge on any atom is 0.432 e. The molecule has 2 rings (SSSR count). The van der Waals surface area contributed by atoms with Gasteiger partial charge in [-0.05, 0) is 17.7 Å². The summed E-state index contributed by atoms with van der Waals surface area (Å²) in [7, 11) is 7.49. The second-order valence-electron chi connectivity index (χ2n) is 6.65. The predicted molar refractivity (Wildman–Crippen MR) is 108 cm³/mol. The molecule has 14 heteroatoms. The van der Waals surface area contributed by atoms with Gasteiger partial charge in [0.25, 0.3) is 0 Å². The van der Waals surface area contributed by atoms with Gasteiger partial charge < -0.3 is 43.8 Å². The molecule has 190 valence electrons. The molecule has 1 heterocycles. The average molecular weight is 494 g/mol. The van der Waals surface area contributed by atoms with Gasteiger partial charge in [0.2, 0.25) is 5.75 Å². The number of urea groups is 1. The fourth-order valence-electron chi connectivity index (χ4n) is 3.18. The van der Waals surface area contributed by atoms with Crippen molar-refractivity contribution in [3.63, 3.8) is 0 Å². The standard InChI is InChI=1S/C20H25F3N2O9/c1-28-11-7-10(8-12(29-2)15(11)30-3)14-13(16(20(21,22)23)25-18(27)24-14)17(26)34-9-19(31-4,32-5)33-6/h7-8,14H,9H2,1-6H3,(H2,24,25,27). The lowest BCUT2D eigenvalue weighted by Crippen LogP contribution is -2.50. The molecule has 0 bridgehead atoms. The van der Waals surface area contributed by atoms with Gasteiger partial charge in [-0.15, -0.1) is 0 Å². The molecule has 0 saturated carbocycles. The van der Waals surface area contributed by atoms with Gasteiger partial charge in [0.1, 0.15) is 5.70 Å². The van der Waals surface area contributed by atoms with Gasteiger partial charge in [-0.2, -0.15) is 13.2 Å². The smallest absolute Gasteiger partial charge is 0.432 e. The Kier molecular flexibility index (Phi) is 8.58. The van der Waals surface area contributed by atoms with E-state index in [4.69, 9.17) is 33.2 Å². The van der Waals surface area contributed by atoms with Gasteiger partial charge in [-0.1, -0.05) is 0 Å². The average Bonchev–Trinajstić information content (AvgIpc) is 2.82. The summed E-state index contributed by atoms with van der Waals surface area (Å²) < 4.78 is 77.2. The lowest BCUT2D eigenvalue weighted by molar-refractivity contribution is -0.364. The van der Waals surface area contributed by atoms with E-state index in [9.17, 15) is 22.8 Å². The van der Waals surface area contributed by atoms with Crippen LogP contribution >= 0.6 is 0 Å². The Morgan fingerprint density at radius 1 is 0.941 bits per heavy atom. The van der Waals surface area contributed by atoms with E-state index in [1.165, 1.54) is 54.8 Å². The third-order valence-corrected chi connectivity index (χ3v) is 4.91. The topological polar surface area (TPSA) is 123 Å². The highest BCUT2D eigenvalue weighted by Crippen LogP contribution is 2.43.